The molecule has 68 valence electrons. The van der Waals surface area contributed by atoms with E-state index in [9.17, 15) is 4.79 Å². The fourth-order valence-corrected chi connectivity index (χ4v) is 2.10. The van der Waals surface area contributed by atoms with Gasteiger partial charge in [0.05, 0.1) is 0 Å². The van der Waals surface area contributed by atoms with Crippen LogP contribution in [-0.4, -0.2) is 5.78 Å². The number of ketones is 1. The SMILES string of the molecule is CCC[C@H]1Cc2ccccc2C1=O. The van der Waals surface area contributed by atoms with Crippen molar-refractivity contribution in [2.24, 2.45) is 5.92 Å². The topological polar surface area (TPSA) is 17.1 Å². The van der Waals surface area contributed by atoms with Crippen LogP contribution in [0.4, 0.5) is 0 Å². The van der Waals surface area contributed by atoms with Gasteiger partial charge in [0.15, 0.2) is 5.78 Å². The van der Waals surface area contributed by atoms with Gasteiger partial charge in [0.25, 0.3) is 0 Å². The minimum absolute atomic E-state index is 0.266. The van der Waals surface area contributed by atoms with E-state index in [4.69, 9.17) is 0 Å². The zero-order valence-electron chi connectivity index (χ0n) is 7.92. The number of hydrogen-bond donors (Lipinski definition) is 0. The number of fused-ring (bicyclic) bond motifs is 1. The van der Waals surface area contributed by atoms with E-state index in [2.05, 4.69) is 13.0 Å². The number of Topliss-reactive ketones (excluding diaryl/α,β-unsaturated/α-hetero) is 1. The number of rotatable bonds is 2. The molecule has 1 heteroatoms. The smallest absolute Gasteiger partial charge is 0.166 e. The third-order valence-corrected chi connectivity index (χ3v) is 2.76. The molecule has 13 heavy (non-hydrogen) atoms. The number of carbonyl (C=O) groups is 1. The van der Waals surface area contributed by atoms with Crippen molar-refractivity contribution < 1.29 is 4.79 Å². The summed E-state index contributed by atoms with van der Waals surface area (Å²) in [6.45, 7) is 2.14. The van der Waals surface area contributed by atoms with E-state index in [1.165, 1.54) is 5.56 Å². The Hall–Kier alpha value is -1.11. The summed E-state index contributed by atoms with van der Waals surface area (Å²) in [5.41, 5.74) is 2.20. The Kier molecular flexibility index (Phi) is 2.17. The molecule has 0 amide bonds. The van der Waals surface area contributed by atoms with Crippen LogP contribution in [0.15, 0.2) is 24.3 Å². The van der Waals surface area contributed by atoms with Crippen LogP contribution in [0.5, 0.6) is 0 Å². The highest BCUT2D eigenvalue weighted by Gasteiger charge is 2.28. The van der Waals surface area contributed by atoms with E-state index in [0.717, 1.165) is 24.8 Å². The van der Waals surface area contributed by atoms with Gasteiger partial charge in [0, 0.05) is 11.5 Å². The van der Waals surface area contributed by atoms with Gasteiger partial charge >= 0.3 is 0 Å². The van der Waals surface area contributed by atoms with Gasteiger partial charge in [-0.15, -0.1) is 0 Å². The fourth-order valence-electron chi connectivity index (χ4n) is 2.10. The van der Waals surface area contributed by atoms with E-state index in [0.29, 0.717) is 5.78 Å². The average Bonchev–Trinajstić information content (AvgIpc) is 2.46. The van der Waals surface area contributed by atoms with Crippen LogP contribution in [0.3, 0.4) is 0 Å². The second-order valence-electron chi connectivity index (χ2n) is 3.71. The summed E-state index contributed by atoms with van der Waals surface area (Å²) < 4.78 is 0. The first kappa shape index (κ1) is 8.49. The summed E-state index contributed by atoms with van der Waals surface area (Å²) in [6, 6.07) is 7.99. The maximum atomic E-state index is 11.8. The quantitative estimate of drug-likeness (QED) is 0.673. The zero-order valence-corrected chi connectivity index (χ0v) is 7.92. The van der Waals surface area contributed by atoms with Crippen molar-refractivity contribution in [1.29, 1.82) is 0 Å². The first-order chi connectivity index (χ1) is 6.33. The molecule has 0 bridgehead atoms. The van der Waals surface area contributed by atoms with Crippen molar-refractivity contribution in [3.8, 4) is 0 Å². The van der Waals surface area contributed by atoms with Crippen molar-refractivity contribution in [3.63, 3.8) is 0 Å². The molecular weight excluding hydrogens is 160 g/mol. The zero-order chi connectivity index (χ0) is 9.26. The Morgan fingerprint density at radius 3 is 2.85 bits per heavy atom. The van der Waals surface area contributed by atoms with Crippen LogP contribution < -0.4 is 0 Å². The molecule has 0 unspecified atom stereocenters. The molecule has 0 N–H and O–H groups in total. The van der Waals surface area contributed by atoms with E-state index in [-0.39, 0.29) is 5.92 Å². The van der Waals surface area contributed by atoms with Gasteiger partial charge in [-0.05, 0) is 18.4 Å². The minimum Gasteiger partial charge on any atom is -0.294 e. The molecule has 0 heterocycles. The molecule has 1 aliphatic rings. The van der Waals surface area contributed by atoms with Gasteiger partial charge in [-0.25, -0.2) is 0 Å². The molecule has 0 aromatic heterocycles. The van der Waals surface area contributed by atoms with Crippen molar-refractivity contribution >= 4 is 5.78 Å². The summed E-state index contributed by atoms with van der Waals surface area (Å²) in [7, 11) is 0. The standard InChI is InChI=1S/C12H14O/c1-2-5-10-8-9-6-3-4-7-11(9)12(10)13/h3-4,6-7,10H,2,5,8H2,1H3/t10-/m0/s1. The molecule has 0 spiro atoms. The molecule has 1 aromatic rings. The number of carbonyl (C=O) groups excluding carboxylic acids is 1. The van der Waals surface area contributed by atoms with Gasteiger partial charge in [0.2, 0.25) is 0 Å². The van der Waals surface area contributed by atoms with E-state index in [1.54, 1.807) is 0 Å². The van der Waals surface area contributed by atoms with Crippen LogP contribution in [0.25, 0.3) is 0 Å². The summed E-state index contributed by atoms with van der Waals surface area (Å²) in [5.74, 6) is 0.625. The van der Waals surface area contributed by atoms with Crippen LogP contribution in [0, 0.1) is 5.92 Å². The second-order valence-corrected chi connectivity index (χ2v) is 3.71. The van der Waals surface area contributed by atoms with Crippen molar-refractivity contribution in [1.82, 2.24) is 0 Å². The van der Waals surface area contributed by atoms with Gasteiger partial charge in [-0.2, -0.15) is 0 Å². The predicted molar refractivity (Wildman–Crippen MR) is 52.9 cm³/mol. The van der Waals surface area contributed by atoms with E-state index >= 15 is 0 Å². The third kappa shape index (κ3) is 1.39. The number of hydrogen-bond acceptors (Lipinski definition) is 1. The largest absolute Gasteiger partial charge is 0.294 e. The summed E-state index contributed by atoms with van der Waals surface area (Å²) in [5, 5.41) is 0. The molecule has 0 fully saturated rings. The first-order valence-electron chi connectivity index (χ1n) is 4.95. The Balaban J connectivity index is 2.28. The lowest BCUT2D eigenvalue weighted by atomic mass is 10.00. The Morgan fingerprint density at radius 2 is 2.15 bits per heavy atom. The molecule has 1 aliphatic carbocycles. The molecule has 2 rings (SSSR count). The third-order valence-electron chi connectivity index (χ3n) is 2.76. The van der Waals surface area contributed by atoms with Gasteiger partial charge < -0.3 is 0 Å². The normalized spacial score (nSPS) is 20.4. The van der Waals surface area contributed by atoms with Crippen LogP contribution in [0.2, 0.25) is 0 Å². The monoisotopic (exact) mass is 174 g/mol. The molecule has 1 atom stereocenters. The first-order valence-corrected chi connectivity index (χ1v) is 4.95. The van der Waals surface area contributed by atoms with Crippen LogP contribution in [-0.2, 0) is 6.42 Å². The molecular formula is C12H14O. The van der Waals surface area contributed by atoms with Gasteiger partial charge in [-0.3, -0.25) is 4.79 Å². The molecule has 0 aliphatic heterocycles. The molecule has 1 aromatic carbocycles. The van der Waals surface area contributed by atoms with Crippen LogP contribution >= 0.6 is 0 Å². The van der Waals surface area contributed by atoms with Gasteiger partial charge in [-0.1, -0.05) is 37.6 Å². The van der Waals surface area contributed by atoms with E-state index < -0.39 is 0 Å². The van der Waals surface area contributed by atoms with Crippen molar-refractivity contribution in [3.05, 3.63) is 35.4 Å². The minimum atomic E-state index is 0.266. The van der Waals surface area contributed by atoms with Crippen molar-refractivity contribution in [2.75, 3.05) is 0 Å². The van der Waals surface area contributed by atoms with Gasteiger partial charge in [0.1, 0.15) is 0 Å². The summed E-state index contributed by atoms with van der Waals surface area (Å²) >= 11 is 0. The number of benzene rings is 1. The Bertz CT molecular complexity index is 328. The molecule has 0 saturated carbocycles. The summed E-state index contributed by atoms with van der Waals surface area (Å²) in [4.78, 5) is 11.8. The van der Waals surface area contributed by atoms with Crippen molar-refractivity contribution in [2.45, 2.75) is 26.2 Å². The fraction of sp³-hybridized carbons (Fsp3) is 0.417. The van der Waals surface area contributed by atoms with Crippen LogP contribution in [0.1, 0.15) is 35.7 Å². The lowest BCUT2D eigenvalue weighted by Crippen LogP contribution is -2.07. The maximum absolute atomic E-state index is 11.8. The maximum Gasteiger partial charge on any atom is 0.166 e. The lowest BCUT2D eigenvalue weighted by Gasteiger charge is -2.03. The highest BCUT2D eigenvalue weighted by molar-refractivity contribution is 6.02. The van der Waals surface area contributed by atoms with E-state index in [1.807, 2.05) is 18.2 Å². The highest BCUT2D eigenvalue weighted by Crippen LogP contribution is 2.29. The predicted octanol–water partition coefficient (Wildman–Crippen LogP) is 2.84. The summed E-state index contributed by atoms with van der Waals surface area (Å²) in [6.07, 6.45) is 3.10. The Morgan fingerprint density at radius 1 is 1.38 bits per heavy atom. The molecule has 1 nitrogen and oxygen atoms in total. The molecule has 0 radical (unpaired) electrons. The molecule has 0 saturated heterocycles. The Labute approximate surface area is 78.8 Å². The highest BCUT2D eigenvalue weighted by atomic mass is 16.1. The average molecular weight is 174 g/mol. The second kappa shape index (κ2) is 3.33. The lowest BCUT2D eigenvalue weighted by molar-refractivity contribution is 0.0930.